The van der Waals surface area contributed by atoms with E-state index >= 15 is 0 Å². The molecule has 23 heavy (non-hydrogen) atoms. The number of hydrogen-bond donors (Lipinski definition) is 2. The molecular weight excluding hydrogens is 314 g/mol. The molecule has 1 unspecified atom stereocenters. The van der Waals surface area contributed by atoms with Crippen LogP contribution in [0.3, 0.4) is 0 Å². The minimum Gasteiger partial charge on any atom is -0.503 e. The molecule has 0 fully saturated rings. The van der Waals surface area contributed by atoms with Crippen molar-refractivity contribution >= 4 is 23.0 Å². The van der Waals surface area contributed by atoms with Crippen LogP contribution in [-0.2, 0) is 4.79 Å². The van der Waals surface area contributed by atoms with E-state index in [9.17, 15) is 19.8 Å². The highest BCUT2D eigenvalue weighted by Crippen LogP contribution is 2.39. The van der Waals surface area contributed by atoms with Crippen LogP contribution in [0.1, 0.15) is 21.3 Å². The number of thiophene rings is 1. The Hall–Kier alpha value is -2.44. The summed E-state index contributed by atoms with van der Waals surface area (Å²) in [5.41, 5.74) is 0.787. The minimum atomic E-state index is -0.689. The van der Waals surface area contributed by atoms with Gasteiger partial charge in [0.15, 0.2) is 5.76 Å². The third-order valence-electron chi connectivity index (χ3n) is 3.75. The normalized spacial score (nSPS) is 17.9. The topological polar surface area (TPSA) is 77.8 Å². The van der Waals surface area contributed by atoms with Crippen molar-refractivity contribution in [1.29, 1.82) is 0 Å². The van der Waals surface area contributed by atoms with Gasteiger partial charge in [-0.25, -0.2) is 0 Å². The van der Waals surface area contributed by atoms with Crippen LogP contribution in [0, 0.1) is 0 Å². The summed E-state index contributed by atoms with van der Waals surface area (Å²) in [5.74, 6) is -1.53. The molecule has 2 N–H and O–H groups in total. The average Bonchev–Trinajstić information content (AvgIpc) is 3.18. The minimum absolute atomic E-state index is 0.0453. The first-order valence-corrected chi connectivity index (χ1v) is 8.01. The van der Waals surface area contributed by atoms with Crippen molar-refractivity contribution in [2.45, 2.75) is 6.04 Å². The van der Waals surface area contributed by atoms with Gasteiger partial charge in [-0.3, -0.25) is 9.59 Å². The lowest BCUT2D eigenvalue weighted by Crippen LogP contribution is -2.33. The Morgan fingerprint density at radius 2 is 1.91 bits per heavy atom. The molecule has 1 atom stereocenters. The van der Waals surface area contributed by atoms with Crippen molar-refractivity contribution < 1.29 is 19.8 Å². The van der Waals surface area contributed by atoms with Crippen molar-refractivity contribution in [3.8, 4) is 0 Å². The fourth-order valence-corrected chi connectivity index (χ4v) is 3.42. The van der Waals surface area contributed by atoms with E-state index in [2.05, 4.69) is 0 Å². The van der Waals surface area contributed by atoms with Crippen LogP contribution in [-0.4, -0.2) is 40.0 Å². The molecule has 3 rings (SSSR count). The van der Waals surface area contributed by atoms with Gasteiger partial charge in [0.25, 0.3) is 5.91 Å². The number of aliphatic hydroxyl groups excluding tert-OH is 2. The third-order valence-corrected chi connectivity index (χ3v) is 4.62. The molecule has 1 aromatic carbocycles. The molecule has 2 heterocycles. The fraction of sp³-hybridized carbons (Fsp3) is 0.176. The number of carbonyl (C=O) groups excluding carboxylic acids is 2. The van der Waals surface area contributed by atoms with E-state index < -0.39 is 17.7 Å². The number of Topliss-reactive ketones (excluding diaryl/α,β-unsaturated/α-hetero) is 1. The number of benzene rings is 1. The lowest BCUT2D eigenvalue weighted by molar-refractivity contribution is -0.129. The molecule has 1 aromatic heterocycles. The SMILES string of the molecule is O=C(C1=C(O)C(=O)N(CCO)C1c1ccccc1)c1cccs1. The van der Waals surface area contributed by atoms with Gasteiger partial charge in [0.05, 0.1) is 23.1 Å². The zero-order chi connectivity index (χ0) is 16.4. The van der Waals surface area contributed by atoms with Gasteiger partial charge in [-0.1, -0.05) is 36.4 Å². The fourth-order valence-electron chi connectivity index (χ4n) is 2.75. The highest BCUT2D eigenvalue weighted by molar-refractivity contribution is 7.12. The van der Waals surface area contributed by atoms with Gasteiger partial charge < -0.3 is 15.1 Å². The standard InChI is InChI=1S/C17H15NO4S/c19-9-8-18-14(11-5-2-1-3-6-11)13(16(21)17(18)22)15(20)12-7-4-10-23-12/h1-7,10,14,19,21H,8-9H2. The number of ketones is 1. The summed E-state index contributed by atoms with van der Waals surface area (Å²) >= 11 is 1.26. The lowest BCUT2D eigenvalue weighted by atomic mass is 9.95. The summed E-state index contributed by atoms with van der Waals surface area (Å²) in [6.45, 7) is -0.202. The Morgan fingerprint density at radius 3 is 2.52 bits per heavy atom. The molecule has 5 nitrogen and oxygen atoms in total. The molecule has 0 bridgehead atoms. The summed E-state index contributed by atoms with van der Waals surface area (Å²) in [5, 5.41) is 21.2. The van der Waals surface area contributed by atoms with Crippen LogP contribution in [0.25, 0.3) is 0 Å². The van der Waals surface area contributed by atoms with Crippen LogP contribution < -0.4 is 0 Å². The molecule has 1 aliphatic heterocycles. The van der Waals surface area contributed by atoms with E-state index in [0.717, 1.165) is 5.56 Å². The molecule has 1 aliphatic rings. The average molecular weight is 329 g/mol. The first-order chi connectivity index (χ1) is 11.1. The molecule has 2 aromatic rings. The number of hydrogen-bond acceptors (Lipinski definition) is 5. The first-order valence-electron chi connectivity index (χ1n) is 7.13. The molecule has 0 saturated carbocycles. The van der Waals surface area contributed by atoms with E-state index in [0.29, 0.717) is 4.88 Å². The summed E-state index contributed by atoms with van der Waals surface area (Å²) in [4.78, 5) is 26.9. The number of amides is 1. The van der Waals surface area contributed by atoms with E-state index in [4.69, 9.17) is 0 Å². The van der Waals surface area contributed by atoms with Crippen molar-refractivity contribution in [3.05, 3.63) is 69.6 Å². The van der Waals surface area contributed by atoms with Gasteiger partial charge in [0.2, 0.25) is 5.78 Å². The van der Waals surface area contributed by atoms with Crippen molar-refractivity contribution in [2.75, 3.05) is 13.2 Å². The van der Waals surface area contributed by atoms with Crippen LogP contribution in [0.2, 0.25) is 0 Å². The van der Waals surface area contributed by atoms with Crippen LogP contribution in [0.5, 0.6) is 0 Å². The van der Waals surface area contributed by atoms with Crippen LogP contribution in [0.15, 0.2) is 59.2 Å². The maximum absolute atomic E-state index is 12.7. The largest absolute Gasteiger partial charge is 0.503 e. The van der Waals surface area contributed by atoms with E-state index in [1.54, 1.807) is 41.8 Å². The van der Waals surface area contributed by atoms with Crippen LogP contribution >= 0.6 is 11.3 Å². The van der Waals surface area contributed by atoms with Gasteiger partial charge >= 0.3 is 0 Å². The Labute approximate surface area is 137 Å². The third kappa shape index (κ3) is 2.67. The van der Waals surface area contributed by atoms with Gasteiger partial charge in [-0.05, 0) is 17.0 Å². The molecule has 0 saturated heterocycles. The van der Waals surface area contributed by atoms with Gasteiger partial charge in [0, 0.05) is 6.54 Å². The summed E-state index contributed by atoms with van der Waals surface area (Å²) in [6.07, 6.45) is 0. The van der Waals surface area contributed by atoms with Gasteiger partial charge in [0.1, 0.15) is 0 Å². The quantitative estimate of drug-likeness (QED) is 0.825. The zero-order valence-electron chi connectivity index (χ0n) is 12.2. The highest BCUT2D eigenvalue weighted by Gasteiger charge is 2.43. The Kier molecular flexibility index (Phi) is 4.27. The molecule has 1 amide bonds. The summed E-state index contributed by atoms with van der Waals surface area (Å²) < 4.78 is 0. The number of carbonyl (C=O) groups is 2. The van der Waals surface area contributed by atoms with Crippen molar-refractivity contribution in [1.82, 2.24) is 4.90 Å². The second-order valence-electron chi connectivity index (χ2n) is 5.10. The lowest BCUT2D eigenvalue weighted by Gasteiger charge is -2.25. The summed E-state index contributed by atoms with van der Waals surface area (Å²) in [6, 6.07) is 11.8. The maximum atomic E-state index is 12.7. The Bertz CT molecular complexity index is 752. The highest BCUT2D eigenvalue weighted by atomic mass is 32.1. The first kappa shape index (κ1) is 15.5. The second-order valence-corrected chi connectivity index (χ2v) is 6.05. The number of β-amino-alcohol motifs (C(OH)–C–C–N with tert-alkyl or cyclic N) is 1. The smallest absolute Gasteiger partial charge is 0.290 e. The maximum Gasteiger partial charge on any atom is 0.290 e. The molecular formula is C17H15NO4S. The number of aliphatic hydroxyl groups is 2. The molecule has 0 aliphatic carbocycles. The van der Waals surface area contributed by atoms with Crippen molar-refractivity contribution in [2.24, 2.45) is 0 Å². The molecule has 118 valence electrons. The predicted molar refractivity (Wildman–Crippen MR) is 86.3 cm³/mol. The van der Waals surface area contributed by atoms with Crippen LogP contribution in [0.4, 0.5) is 0 Å². The van der Waals surface area contributed by atoms with Gasteiger partial charge in [-0.2, -0.15) is 0 Å². The number of nitrogens with zero attached hydrogens (tertiary/aromatic N) is 1. The molecule has 6 heteroatoms. The Balaban J connectivity index is 2.10. The Morgan fingerprint density at radius 1 is 1.17 bits per heavy atom. The predicted octanol–water partition coefficient (Wildman–Crippen LogP) is 2.32. The summed E-state index contributed by atoms with van der Waals surface area (Å²) in [7, 11) is 0. The zero-order valence-corrected chi connectivity index (χ0v) is 13.0. The van der Waals surface area contributed by atoms with E-state index in [-0.39, 0.29) is 24.5 Å². The van der Waals surface area contributed by atoms with Gasteiger partial charge in [-0.15, -0.1) is 11.3 Å². The number of rotatable bonds is 5. The molecule has 0 spiro atoms. The van der Waals surface area contributed by atoms with E-state index in [1.807, 2.05) is 6.07 Å². The monoisotopic (exact) mass is 329 g/mol. The molecule has 0 radical (unpaired) electrons. The van der Waals surface area contributed by atoms with E-state index in [1.165, 1.54) is 16.2 Å². The van der Waals surface area contributed by atoms with Crippen molar-refractivity contribution in [3.63, 3.8) is 0 Å². The second kappa shape index (κ2) is 6.36.